The number of fused-ring (bicyclic) bond motifs is 3. The topological polar surface area (TPSA) is 0 Å². The van der Waals surface area contributed by atoms with Crippen molar-refractivity contribution >= 4 is 0 Å². The second kappa shape index (κ2) is 10.5. The van der Waals surface area contributed by atoms with E-state index in [4.69, 9.17) is 0 Å². The Morgan fingerprint density at radius 3 is 1.34 bits per heavy atom. The summed E-state index contributed by atoms with van der Waals surface area (Å²) in [6.07, 6.45) is 11.7. The summed E-state index contributed by atoms with van der Waals surface area (Å²) in [6.45, 7) is 4.24. The zero-order chi connectivity index (χ0) is 28.1. The Morgan fingerprint density at radius 1 is 0.512 bits per heavy atom. The van der Waals surface area contributed by atoms with Gasteiger partial charge in [0.15, 0.2) is 0 Å². The molecule has 0 unspecified atom stereocenters. The molecule has 3 aliphatic rings. The minimum Gasteiger partial charge on any atom is -0.207 e. The number of hydrogen-bond donors (Lipinski definition) is 0. The van der Waals surface area contributed by atoms with Crippen LogP contribution in [0.15, 0.2) is 72.8 Å². The van der Waals surface area contributed by atoms with E-state index >= 15 is 8.78 Å². The van der Waals surface area contributed by atoms with Gasteiger partial charge in [0.1, 0.15) is 11.6 Å². The summed E-state index contributed by atoms with van der Waals surface area (Å²) in [5.41, 5.74) is 10.2. The highest BCUT2D eigenvalue weighted by molar-refractivity contribution is 5.87. The number of aryl methyl sites for hydroxylation is 2. The first-order chi connectivity index (χ1) is 19.9. The van der Waals surface area contributed by atoms with Crippen LogP contribution in [0.3, 0.4) is 0 Å². The summed E-state index contributed by atoms with van der Waals surface area (Å²) in [4.78, 5) is 0. The van der Waals surface area contributed by atoms with Gasteiger partial charge in [-0.3, -0.25) is 0 Å². The molecule has 0 bridgehead atoms. The van der Waals surface area contributed by atoms with Crippen LogP contribution in [0, 0.1) is 25.5 Å². The Hall–Kier alpha value is -3.26. The van der Waals surface area contributed by atoms with Gasteiger partial charge in [0.2, 0.25) is 0 Å². The summed E-state index contributed by atoms with van der Waals surface area (Å²) in [7, 11) is 0. The van der Waals surface area contributed by atoms with Crippen molar-refractivity contribution in [3.8, 4) is 11.1 Å². The standard InChI is InChI=1S/C39H40F2/c1-25-13-15-35-36-16-14-26(2)18-38(36)39(37(35)17-25,31-19-29(21-33(40)23-31)27-9-5-3-6-10-27)32-20-30(22-34(41)24-32)28-11-7-4-8-12-28/h13-24,27-28H,3-12H2,1-2H3. The monoisotopic (exact) mass is 546 g/mol. The van der Waals surface area contributed by atoms with Crippen LogP contribution in [-0.2, 0) is 5.41 Å². The highest BCUT2D eigenvalue weighted by Gasteiger charge is 2.47. The third kappa shape index (κ3) is 4.55. The third-order valence-corrected chi connectivity index (χ3v) is 10.3. The predicted molar refractivity (Wildman–Crippen MR) is 165 cm³/mol. The van der Waals surface area contributed by atoms with Crippen molar-refractivity contribution in [3.05, 3.63) is 129 Å². The van der Waals surface area contributed by atoms with Gasteiger partial charge in [0.25, 0.3) is 0 Å². The van der Waals surface area contributed by atoms with Crippen molar-refractivity contribution in [3.63, 3.8) is 0 Å². The van der Waals surface area contributed by atoms with Crippen LogP contribution >= 0.6 is 0 Å². The van der Waals surface area contributed by atoms with Gasteiger partial charge in [0.05, 0.1) is 5.41 Å². The second-order valence-corrected chi connectivity index (χ2v) is 13.1. The molecule has 0 aliphatic heterocycles. The van der Waals surface area contributed by atoms with Gasteiger partial charge >= 0.3 is 0 Å². The molecule has 0 nitrogen and oxygen atoms in total. The van der Waals surface area contributed by atoms with Gasteiger partial charge in [0, 0.05) is 0 Å². The maximum atomic E-state index is 15.8. The lowest BCUT2D eigenvalue weighted by atomic mass is 9.66. The van der Waals surface area contributed by atoms with E-state index in [0.29, 0.717) is 11.8 Å². The Balaban J connectivity index is 1.55. The molecule has 0 aromatic heterocycles. The van der Waals surface area contributed by atoms with Crippen LogP contribution in [-0.4, -0.2) is 0 Å². The van der Waals surface area contributed by atoms with Crippen LogP contribution in [0.2, 0.25) is 0 Å². The lowest BCUT2D eigenvalue weighted by Crippen LogP contribution is -2.30. The van der Waals surface area contributed by atoms with Gasteiger partial charge in [-0.2, -0.15) is 0 Å². The van der Waals surface area contributed by atoms with E-state index in [1.807, 2.05) is 0 Å². The fraction of sp³-hybridized carbons (Fsp3) is 0.385. The van der Waals surface area contributed by atoms with Gasteiger partial charge < -0.3 is 0 Å². The van der Waals surface area contributed by atoms with Crippen LogP contribution in [0.25, 0.3) is 11.1 Å². The fourth-order valence-electron chi connectivity index (χ4n) is 8.34. The SMILES string of the molecule is Cc1ccc2c(c1)C(c1cc(F)cc(C3CCCCC3)c1)(c1cc(F)cc(C3CCCCC3)c1)c1cc(C)ccc1-2. The Kier molecular flexibility index (Phi) is 6.84. The minimum atomic E-state index is -0.792. The minimum absolute atomic E-state index is 0.193. The lowest BCUT2D eigenvalue weighted by Gasteiger charge is -2.36. The zero-order valence-electron chi connectivity index (χ0n) is 24.4. The van der Waals surface area contributed by atoms with E-state index in [1.54, 1.807) is 24.3 Å². The number of rotatable bonds is 4. The quantitative estimate of drug-likeness (QED) is 0.210. The molecule has 2 fully saturated rings. The molecular weight excluding hydrogens is 506 g/mol. The normalized spacial score (nSPS) is 18.7. The molecule has 210 valence electrons. The van der Waals surface area contributed by atoms with E-state index in [-0.39, 0.29) is 11.6 Å². The molecule has 7 rings (SSSR count). The van der Waals surface area contributed by atoms with E-state index < -0.39 is 5.41 Å². The molecule has 41 heavy (non-hydrogen) atoms. The van der Waals surface area contributed by atoms with Gasteiger partial charge in [-0.05, 0) is 120 Å². The van der Waals surface area contributed by atoms with E-state index in [2.05, 4.69) is 62.4 Å². The third-order valence-electron chi connectivity index (χ3n) is 10.3. The van der Waals surface area contributed by atoms with Crippen molar-refractivity contribution in [1.29, 1.82) is 0 Å². The molecule has 4 aromatic carbocycles. The first-order valence-corrected chi connectivity index (χ1v) is 15.8. The van der Waals surface area contributed by atoms with Crippen LogP contribution in [0.5, 0.6) is 0 Å². The molecule has 0 atom stereocenters. The molecule has 0 N–H and O–H groups in total. The molecule has 0 heterocycles. The lowest BCUT2D eigenvalue weighted by molar-refractivity contribution is 0.440. The Bertz CT molecular complexity index is 1480. The molecule has 0 amide bonds. The Morgan fingerprint density at radius 2 is 0.927 bits per heavy atom. The highest BCUT2D eigenvalue weighted by atomic mass is 19.1. The van der Waals surface area contributed by atoms with Crippen LogP contribution in [0.4, 0.5) is 8.78 Å². The first kappa shape index (κ1) is 26.6. The van der Waals surface area contributed by atoms with Crippen molar-refractivity contribution in [1.82, 2.24) is 0 Å². The van der Waals surface area contributed by atoms with Crippen LogP contribution in [0.1, 0.15) is 121 Å². The first-order valence-electron chi connectivity index (χ1n) is 15.8. The van der Waals surface area contributed by atoms with Crippen molar-refractivity contribution in [2.45, 2.75) is 95.3 Å². The van der Waals surface area contributed by atoms with Gasteiger partial charge in [-0.15, -0.1) is 0 Å². The Labute approximate surface area is 243 Å². The summed E-state index contributed by atoms with van der Waals surface area (Å²) >= 11 is 0. The fourth-order valence-corrected chi connectivity index (χ4v) is 8.34. The molecule has 0 spiro atoms. The molecule has 2 saturated carbocycles. The number of hydrogen-bond acceptors (Lipinski definition) is 0. The molecular formula is C39H40F2. The van der Waals surface area contributed by atoms with E-state index in [1.165, 1.54) is 38.5 Å². The molecule has 0 radical (unpaired) electrons. The maximum Gasteiger partial charge on any atom is 0.123 e. The van der Waals surface area contributed by atoms with Crippen LogP contribution < -0.4 is 0 Å². The van der Waals surface area contributed by atoms with E-state index in [0.717, 1.165) is 81.3 Å². The van der Waals surface area contributed by atoms with E-state index in [9.17, 15) is 0 Å². The van der Waals surface area contributed by atoms with Crippen molar-refractivity contribution in [2.24, 2.45) is 0 Å². The number of halogens is 2. The highest BCUT2D eigenvalue weighted by Crippen LogP contribution is 2.57. The smallest absolute Gasteiger partial charge is 0.123 e. The molecule has 0 saturated heterocycles. The summed E-state index contributed by atoms with van der Waals surface area (Å²) in [6, 6.07) is 24.8. The summed E-state index contributed by atoms with van der Waals surface area (Å²) in [5.74, 6) is 0.357. The van der Waals surface area contributed by atoms with Crippen molar-refractivity contribution < 1.29 is 8.78 Å². The van der Waals surface area contributed by atoms with Gasteiger partial charge in [-0.25, -0.2) is 8.78 Å². The number of benzene rings is 4. The van der Waals surface area contributed by atoms with Crippen molar-refractivity contribution in [2.75, 3.05) is 0 Å². The average Bonchev–Trinajstić information content (AvgIpc) is 3.26. The zero-order valence-corrected chi connectivity index (χ0v) is 24.4. The summed E-state index contributed by atoms with van der Waals surface area (Å²) in [5, 5.41) is 0. The molecule has 3 aliphatic carbocycles. The largest absolute Gasteiger partial charge is 0.207 e. The maximum absolute atomic E-state index is 15.8. The summed E-state index contributed by atoms with van der Waals surface area (Å²) < 4.78 is 31.6. The predicted octanol–water partition coefficient (Wildman–Crippen LogP) is 11.0. The molecule has 4 aromatic rings. The molecule has 2 heteroatoms. The second-order valence-electron chi connectivity index (χ2n) is 13.1. The van der Waals surface area contributed by atoms with Gasteiger partial charge in [-0.1, -0.05) is 98.2 Å². The average molecular weight is 547 g/mol.